The molecule has 1 aromatic carbocycles. The molecule has 0 aromatic heterocycles. The highest BCUT2D eigenvalue weighted by molar-refractivity contribution is 5.99. The second-order valence-electron chi connectivity index (χ2n) is 5.30. The van der Waals surface area contributed by atoms with E-state index in [0.717, 1.165) is 12.1 Å². The quantitative estimate of drug-likeness (QED) is 0.877. The molecular weight excluding hydrogens is 286 g/mol. The molecule has 1 fully saturated rings. The van der Waals surface area contributed by atoms with E-state index in [1.165, 1.54) is 4.90 Å². The molecular formula is C15H19N3O4. The summed E-state index contributed by atoms with van der Waals surface area (Å²) >= 11 is 0. The first-order chi connectivity index (χ1) is 10.6. The molecule has 7 heteroatoms. The maximum atomic E-state index is 12.3. The molecule has 1 atom stereocenters. The summed E-state index contributed by atoms with van der Waals surface area (Å²) in [5, 5.41) is 5.72. The first-order valence-electron chi connectivity index (χ1n) is 7.40. The van der Waals surface area contributed by atoms with Gasteiger partial charge in [0.1, 0.15) is 6.04 Å². The number of amides is 3. The van der Waals surface area contributed by atoms with Gasteiger partial charge < -0.3 is 20.1 Å². The average Bonchev–Trinajstić information content (AvgIpc) is 2.80. The first kappa shape index (κ1) is 14.5. The molecule has 0 saturated carbocycles. The molecule has 118 valence electrons. The monoisotopic (exact) mass is 305 g/mol. The molecule has 2 N–H and O–H groups in total. The van der Waals surface area contributed by atoms with Crippen LogP contribution in [0.15, 0.2) is 18.2 Å². The number of ether oxygens (including phenoxy) is 2. The lowest BCUT2D eigenvalue weighted by Crippen LogP contribution is -2.43. The molecule has 2 aliphatic rings. The normalized spacial score (nSPS) is 18.4. The number of urea groups is 1. The average molecular weight is 305 g/mol. The van der Waals surface area contributed by atoms with Gasteiger partial charge in [-0.3, -0.25) is 9.69 Å². The summed E-state index contributed by atoms with van der Waals surface area (Å²) in [4.78, 5) is 25.0. The largest absolute Gasteiger partial charge is 0.490 e. The third-order valence-corrected chi connectivity index (χ3v) is 3.62. The number of carbonyl (C=O) groups excluding carboxylic acids is 2. The van der Waals surface area contributed by atoms with Crippen molar-refractivity contribution < 1.29 is 19.1 Å². The first-order valence-corrected chi connectivity index (χ1v) is 7.40. The second-order valence-corrected chi connectivity index (χ2v) is 5.30. The van der Waals surface area contributed by atoms with Gasteiger partial charge in [-0.2, -0.15) is 0 Å². The highest BCUT2D eigenvalue weighted by Crippen LogP contribution is 2.32. The van der Waals surface area contributed by atoms with E-state index in [9.17, 15) is 9.59 Å². The van der Waals surface area contributed by atoms with Crippen molar-refractivity contribution in [3.63, 3.8) is 0 Å². The van der Waals surface area contributed by atoms with Crippen LogP contribution >= 0.6 is 0 Å². The van der Waals surface area contributed by atoms with Crippen molar-refractivity contribution in [1.82, 2.24) is 10.2 Å². The van der Waals surface area contributed by atoms with Crippen LogP contribution in [0.3, 0.4) is 0 Å². The van der Waals surface area contributed by atoms with Gasteiger partial charge in [-0.1, -0.05) is 0 Å². The summed E-state index contributed by atoms with van der Waals surface area (Å²) in [7, 11) is 0. The van der Waals surface area contributed by atoms with E-state index < -0.39 is 6.04 Å². The number of benzene rings is 1. The van der Waals surface area contributed by atoms with E-state index in [1.807, 2.05) is 18.2 Å². The van der Waals surface area contributed by atoms with Crippen molar-refractivity contribution >= 4 is 17.6 Å². The van der Waals surface area contributed by atoms with Crippen LogP contribution in [0.5, 0.6) is 11.5 Å². The van der Waals surface area contributed by atoms with E-state index in [-0.39, 0.29) is 11.9 Å². The molecule has 3 rings (SSSR count). The lowest BCUT2D eigenvalue weighted by molar-refractivity contribution is -0.128. The molecule has 22 heavy (non-hydrogen) atoms. The van der Waals surface area contributed by atoms with Crippen LogP contribution in [-0.2, 0) is 4.79 Å². The summed E-state index contributed by atoms with van der Waals surface area (Å²) in [6, 6.07) is 4.63. The van der Waals surface area contributed by atoms with Gasteiger partial charge in [-0.25, -0.2) is 4.79 Å². The van der Waals surface area contributed by atoms with E-state index in [4.69, 9.17) is 9.47 Å². The minimum absolute atomic E-state index is 0.248. The molecule has 2 aliphatic heterocycles. The van der Waals surface area contributed by atoms with Gasteiger partial charge in [0.25, 0.3) is 5.91 Å². The van der Waals surface area contributed by atoms with Gasteiger partial charge in [0, 0.05) is 31.3 Å². The Balaban J connectivity index is 1.68. The predicted molar refractivity (Wildman–Crippen MR) is 80.2 cm³/mol. The van der Waals surface area contributed by atoms with Gasteiger partial charge in [0.05, 0.1) is 13.2 Å². The summed E-state index contributed by atoms with van der Waals surface area (Å²) in [5.74, 6) is 1.13. The van der Waals surface area contributed by atoms with E-state index >= 15 is 0 Å². The van der Waals surface area contributed by atoms with Crippen molar-refractivity contribution in [2.24, 2.45) is 0 Å². The summed E-state index contributed by atoms with van der Waals surface area (Å²) in [6.07, 6.45) is 0.844. The maximum absolute atomic E-state index is 12.3. The fourth-order valence-electron chi connectivity index (χ4n) is 2.48. The van der Waals surface area contributed by atoms with Crippen molar-refractivity contribution in [2.45, 2.75) is 19.4 Å². The number of imide groups is 1. The zero-order valence-electron chi connectivity index (χ0n) is 12.4. The number of hydrogen-bond acceptors (Lipinski definition) is 5. The lowest BCUT2D eigenvalue weighted by Gasteiger charge is -2.20. The Bertz CT molecular complexity index is 590. The molecule has 1 aromatic rings. The molecule has 1 saturated heterocycles. The number of carbonyl (C=O) groups is 2. The van der Waals surface area contributed by atoms with Crippen LogP contribution in [0.1, 0.15) is 13.3 Å². The van der Waals surface area contributed by atoms with Gasteiger partial charge in [-0.05, 0) is 19.1 Å². The van der Waals surface area contributed by atoms with Crippen LogP contribution in [0.4, 0.5) is 10.5 Å². The number of nitrogens with one attached hydrogen (secondary N) is 2. The fraction of sp³-hybridized carbons (Fsp3) is 0.467. The maximum Gasteiger partial charge on any atom is 0.324 e. The van der Waals surface area contributed by atoms with Crippen molar-refractivity contribution in [1.29, 1.82) is 0 Å². The molecule has 7 nitrogen and oxygen atoms in total. The second kappa shape index (κ2) is 6.13. The Morgan fingerprint density at radius 3 is 2.82 bits per heavy atom. The molecule has 0 aliphatic carbocycles. The minimum atomic E-state index is -0.506. The summed E-state index contributed by atoms with van der Waals surface area (Å²) < 4.78 is 11.2. The van der Waals surface area contributed by atoms with E-state index in [0.29, 0.717) is 37.8 Å². The number of fused-ring (bicyclic) bond motifs is 1. The van der Waals surface area contributed by atoms with Crippen molar-refractivity contribution in [3.05, 3.63) is 18.2 Å². The molecule has 2 heterocycles. The van der Waals surface area contributed by atoms with Gasteiger partial charge >= 0.3 is 6.03 Å². The van der Waals surface area contributed by atoms with Crippen LogP contribution < -0.4 is 20.1 Å². The minimum Gasteiger partial charge on any atom is -0.490 e. The van der Waals surface area contributed by atoms with Crippen molar-refractivity contribution in [3.8, 4) is 11.5 Å². The topological polar surface area (TPSA) is 79.9 Å². The zero-order chi connectivity index (χ0) is 15.5. The third-order valence-electron chi connectivity index (χ3n) is 3.62. The zero-order valence-corrected chi connectivity index (χ0v) is 12.4. The molecule has 0 bridgehead atoms. The summed E-state index contributed by atoms with van der Waals surface area (Å²) in [6.45, 7) is 3.89. The number of nitrogens with zero attached hydrogens (tertiary/aromatic N) is 1. The Kier molecular flexibility index (Phi) is 4.04. The standard InChI is InChI=1S/C15H19N3O4/c1-10(14(19)18-6-5-16-15(18)20)17-11-3-4-12-13(9-11)22-8-2-7-21-12/h3-4,9-10,17H,2,5-8H2,1H3,(H,16,20)/t10-/m1/s1. The van der Waals surface area contributed by atoms with Crippen LogP contribution in [0.2, 0.25) is 0 Å². The number of rotatable bonds is 3. The van der Waals surface area contributed by atoms with E-state index in [1.54, 1.807) is 6.92 Å². The lowest BCUT2D eigenvalue weighted by atomic mass is 10.2. The Morgan fingerprint density at radius 2 is 2.09 bits per heavy atom. The molecule has 0 spiro atoms. The number of anilines is 1. The predicted octanol–water partition coefficient (Wildman–Crippen LogP) is 1.20. The highest BCUT2D eigenvalue weighted by Gasteiger charge is 2.29. The SMILES string of the molecule is C[C@@H](Nc1ccc2c(c1)OCCCO2)C(=O)N1CCNC1=O. The number of hydrogen-bond donors (Lipinski definition) is 2. The van der Waals surface area contributed by atoms with Gasteiger partial charge in [-0.15, -0.1) is 0 Å². The smallest absolute Gasteiger partial charge is 0.324 e. The fourth-order valence-corrected chi connectivity index (χ4v) is 2.48. The van der Waals surface area contributed by atoms with Gasteiger partial charge in [0.15, 0.2) is 11.5 Å². The Morgan fingerprint density at radius 1 is 1.32 bits per heavy atom. The van der Waals surface area contributed by atoms with Crippen molar-refractivity contribution in [2.75, 3.05) is 31.6 Å². The molecule has 3 amide bonds. The van der Waals surface area contributed by atoms with E-state index in [2.05, 4.69) is 10.6 Å². The summed E-state index contributed by atoms with van der Waals surface area (Å²) in [5.41, 5.74) is 0.754. The Hall–Kier alpha value is -2.44. The Labute approximate surface area is 128 Å². The highest BCUT2D eigenvalue weighted by atomic mass is 16.5. The third kappa shape index (κ3) is 2.93. The molecule has 0 radical (unpaired) electrons. The molecule has 0 unspecified atom stereocenters. The van der Waals surface area contributed by atoms with Crippen LogP contribution in [0.25, 0.3) is 0 Å². The van der Waals surface area contributed by atoms with Crippen LogP contribution in [-0.4, -0.2) is 49.2 Å². The van der Waals surface area contributed by atoms with Crippen LogP contribution in [0, 0.1) is 0 Å². The van der Waals surface area contributed by atoms with Gasteiger partial charge in [0.2, 0.25) is 0 Å².